The second-order valence-electron chi connectivity index (χ2n) is 3.37. The van der Waals surface area contributed by atoms with Crippen molar-refractivity contribution in [3.05, 3.63) is 35.7 Å². The van der Waals surface area contributed by atoms with Gasteiger partial charge in [-0.15, -0.1) is 5.10 Å². The lowest BCUT2D eigenvalue weighted by Gasteiger charge is -2.07. The average molecular weight is 234 g/mol. The van der Waals surface area contributed by atoms with Gasteiger partial charge in [-0.3, -0.25) is 0 Å². The number of aromatic nitrogens is 2. The molecule has 3 N–H and O–H groups in total. The lowest BCUT2D eigenvalue weighted by molar-refractivity contribution is 0.410. The van der Waals surface area contributed by atoms with Gasteiger partial charge >= 0.3 is 6.01 Å². The van der Waals surface area contributed by atoms with Crippen LogP contribution in [0.2, 0.25) is 0 Å². The number of anilines is 1. The number of nitrogens with zero attached hydrogens (tertiary/aromatic N) is 2. The summed E-state index contributed by atoms with van der Waals surface area (Å²) in [4.78, 5) is 0. The van der Waals surface area contributed by atoms with Gasteiger partial charge in [0.25, 0.3) is 0 Å². The molecular weight excluding hydrogens is 220 g/mol. The maximum atomic E-state index is 5.37. The van der Waals surface area contributed by atoms with Crippen LogP contribution in [0.1, 0.15) is 11.5 Å². The number of nitrogens with two attached hydrogens (primary N) is 1. The summed E-state index contributed by atoms with van der Waals surface area (Å²) in [5.41, 5.74) is 6.39. The molecule has 0 bridgehead atoms. The van der Waals surface area contributed by atoms with Crippen molar-refractivity contribution in [1.29, 1.82) is 0 Å². The maximum absolute atomic E-state index is 5.37. The lowest BCUT2D eigenvalue weighted by Crippen LogP contribution is -2.01. The van der Waals surface area contributed by atoms with Crippen LogP contribution >= 0.6 is 0 Å². The Bertz CT molecular complexity index is 484. The molecule has 0 saturated carbocycles. The highest BCUT2D eigenvalue weighted by molar-refractivity contribution is 5.35. The number of methoxy groups -OCH3 is 1. The quantitative estimate of drug-likeness (QED) is 0.807. The van der Waals surface area contributed by atoms with Gasteiger partial charge < -0.3 is 20.2 Å². The molecule has 6 heteroatoms. The first-order valence-electron chi connectivity index (χ1n) is 5.21. The Morgan fingerprint density at radius 1 is 1.35 bits per heavy atom. The minimum absolute atomic E-state index is 0.239. The van der Waals surface area contributed by atoms with Crippen molar-refractivity contribution >= 4 is 6.01 Å². The third-order valence-corrected chi connectivity index (χ3v) is 2.26. The zero-order valence-corrected chi connectivity index (χ0v) is 9.51. The van der Waals surface area contributed by atoms with Crippen LogP contribution in [-0.2, 0) is 13.1 Å². The van der Waals surface area contributed by atoms with E-state index >= 15 is 0 Å². The Morgan fingerprint density at radius 3 is 2.88 bits per heavy atom. The van der Waals surface area contributed by atoms with E-state index in [1.807, 2.05) is 24.3 Å². The van der Waals surface area contributed by atoms with Gasteiger partial charge in [-0.25, -0.2) is 0 Å². The summed E-state index contributed by atoms with van der Waals surface area (Å²) in [6, 6.07) is 8.08. The molecule has 0 radical (unpaired) electrons. The molecule has 1 aromatic heterocycles. The minimum atomic E-state index is 0.239. The van der Waals surface area contributed by atoms with Crippen molar-refractivity contribution in [3.63, 3.8) is 0 Å². The molecule has 90 valence electrons. The fraction of sp³-hybridized carbons (Fsp3) is 0.273. The number of nitrogens with one attached hydrogen (secondary N) is 1. The van der Waals surface area contributed by atoms with Crippen LogP contribution in [0.5, 0.6) is 5.75 Å². The molecule has 0 aliphatic rings. The average Bonchev–Trinajstić information content (AvgIpc) is 2.84. The molecule has 0 unspecified atom stereocenters. The first-order chi connectivity index (χ1) is 8.33. The van der Waals surface area contributed by atoms with Gasteiger partial charge in [0.2, 0.25) is 5.89 Å². The highest BCUT2D eigenvalue weighted by Gasteiger charge is 2.05. The van der Waals surface area contributed by atoms with E-state index in [0.29, 0.717) is 18.5 Å². The molecule has 0 spiro atoms. The predicted molar refractivity (Wildman–Crippen MR) is 62.5 cm³/mol. The molecule has 0 amide bonds. The summed E-state index contributed by atoms with van der Waals surface area (Å²) in [6.45, 7) is 0.791. The summed E-state index contributed by atoms with van der Waals surface area (Å²) in [5, 5.41) is 10.6. The van der Waals surface area contributed by atoms with Gasteiger partial charge in [0.15, 0.2) is 0 Å². The first-order valence-corrected chi connectivity index (χ1v) is 5.21. The number of hydrogen-bond acceptors (Lipinski definition) is 6. The third kappa shape index (κ3) is 2.73. The van der Waals surface area contributed by atoms with Crippen LogP contribution in [0.4, 0.5) is 6.01 Å². The van der Waals surface area contributed by atoms with E-state index in [1.54, 1.807) is 7.11 Å². The Hall–Kier alpha value is -2.08. The summed E-state index contributed by atoms with van der Waals surface area (Å²) in [5.74, 6) is 1.23. The third-order valence-electron chi connectivity index (χ3n) is 2.26. The molecule has 1 heterocycles. The van der Waals surface area contributed by atoms with E-state index in [0.717, 1.165) is 11.3 Å². The van der Waals surface area contributed by atoms with E-state index in [9.17, 15) is 0 Å². The van der Waals surface area contributed by atoms with Crippen LogP contribution in [0.25, 0.3) is 0 Å². The summed E-state index contributed by atoms with van der Waals surface area (Å²) < 4.78 is 10.5. The van der Waals surface area contributed by atoms with Crippen LogP contribution in [0.15, 0.2) is 28.7 Å². The lowest BCUT2D eigenvalue weighted by atomic mass is 10.2. The van der Waals surface area contributed by atoms with Crippen molar-refractivity contribution in [2.24, 2.45) is 5.73 Å². The van der Waals surface area contributed by atoms with Crippen LogP contribution in [-0.4, -0.2) is 17.3 Å². The number of hydrogen-bond donors (Lipinski definition) is 2. The van der Waals surface area contributed by atoms with E-state index in [2.05, 4.69) is 15.5 Å². The van der Waals surface area contributed by atoms with Gasteiger partial charge in [-0.2, -0.15) is 0 Å². The van der Waals surface area contributed by atoms with E-state index in [4.69, 9.17) is 14.9 Å². The predicted octanol–water partition coefficient (Wildman–Crippen LogP) is 1.15. The highest BCUT2D eigenvalue weighted by Crippen LogP contribution is 2.18. The Morgan fingerprint density at radius 2 is 2.18 bits per heavy atom. The molecule has 0 fully saturated rings. The summed E-state index contributed by atoms with van der Waals surface area (Å²) in [7, 11) is 1.64. The topological polar surface area (TPSA) is 86.2 Å². The SMILES string of the molecule is COc1ccccc1CNc1nnc(CN)o1. The fourth-order valence-electron chi connectivity index (χ4n) is 1.43. The van der Waals surface area contributed by atoms with Crippen molar-refractivity contribution in [3.8, 4) is 5.75 Å². The zero-order chi connectivity index (χ0) is 12.1. The number of rotatable bonds is 5. The van der Waals surface area contributed by atoms with Crippen molar-refractivity contribution in [2.45, 2.75) is 13.1 Å². The molecule has 0 saturated heterocycles. The second-order valence-corrected chi connectivity index (χ2v) is 3.37. The van der Waals surface area contributed by atoms with Gasteiger partial charge in [0.05, 0.1) is 13.7 Å². The van der Waals surface area contributed by atoms with Gasteiger partial charge in [0, 0.05) is 12.1 Å². The minimum Gasteiger partial charge on any atom is -0.496 e. The van der Waals surface area contributed by atoms with E-state index in [-0.39, 0.29) is 6.54 Å². The van der Waals surface area contributed by atoms with Crippen LogP contribution in [0.3, 0.4) is 0 Å². The van der Waals surface area contributed by atoms with E-state index in [1.165, 1.54) is 0 Å². The zero-order valence-electron chi connectivity index (χ0n) is 9.51. The van der Waals surface area contributed by atoms with Crippen molar-refractivity contribution in [2.75, 3.05) is 12.4 Å². The molecule has 2 aromatic rings. The number of ether oxygens (including phenoxy) is 1. The smallest absolute Gasteiger partial charge is 0.315 e. The largest absolute Gasteiger partial charge is 0.496 e. The molecule has 0 aliphatic heterocycles. The first kappa shape index (κ1) is 11.4. The monoisotopic (exact) mass is 234 g/mol. The molecular formula is C11H14N4O2. The van der Waals surface area contributed by atoms with Gasteiger partial charge in [0.1, 0.15) is 5.75 Å². The standard InChI is InChI=1S/C11H14N4O2/c1-16-9-5-3-2-4-8(9)7-13-11-15-14-10(6-12)17-11/h2-5H,6-7,12H2,1H3,(H,13,15). The molecule has 6 nitrogen and oxygen atoms in total. The van der Waals surface area contributed by atoms with Crippen LogP contribution in [0, 0.1) is 0 Å². The van der Waals surface area contributed by atoms with Crippen molar-refractivity contribution < 1.29 is 9.15 Å². The summed E-state index contributed by atoms with van der Waals surface area (Å²) in [6.07, 6.45) is 0. The molecule has 2 rings (SSSR count). The number of para-hydroxylation sites is 1. The second kappa shape index (κ2) is 5.31. The molecule has 0 aliphatic carbocycles. The molecule has 17 heavy (non-hydrogen) atoms. The maximum Gasteiger partial charge on any atom is 0.315 e. The molecule has 0 atom stereocenters. The normalized spacial score (nSPS) is 10.2. The van der Waals surface area contributed by atoms with Gasteiger partial charge in [-0.1, -0.05) is 23.3 Å². The van der Waals surface area contributed by atoms with Crippen molar-refractivity contribution in [1.82, 2.24) is 10.2 Å². The summed E-state index contributed by atoms with van der Waals surface area (Å²) >= 11 is 0. The highest BCUT2D eigenvalue weighted by atomic mass is 16.5. The Kier molecular flexibility index (Phi) is 3.56. The van der Waals surface area contributed by atoms with E-state index < -0.39 is 0 Å². The van der Waals surface area contributed by atoms with Crippen LogP contribution < -0.4 is 15.8 Å². The van der Waals surface area contributed by atoms with Gasteiger partial charge in [-0.05, 0) is 6.07 Å². The fourth-order valence-corrected chi connectivity index (χ4v) is 1.43. The Balaban J connectivity index is 2.01. The Labute approximate surface area is 98.8 Å². The molecule has 1 aromatic carbocycles. The number of benzene rings is 1.